The van der Waals surface area contributed by atoms with Crippen LogP contribution in [0, 0.1) is 29.6 Å². The van der Waals surface area contributed by atoms with E-state index in [2.05, 4.69) is 23.5 Å². The minimum absolute atomic E-state index is 0.0900. The Kier molecular flexibility index (Phi) is 6.55. The fourth-order valence-electron chi connectivity index (χ4n) is 7.06. The van der Waals surface area contributed by atoms with Crippen molar-refractivity contribution in [2.45, 2.75) is 103 Å². The van der Waals surface area contributed by atoms with Gasteiger partial charge in [-0.05, 0) is 138 Å². The first-order valence-corrected chi connectivity index (χ1v) is 12.2. The number of hydrogen-bond acceptors (Lipinski definition) is 3. The summed E-state index contributed by atoms with van der Waals surface area (Å²) in [7, 11) is 0. The maximum absolute atomic E-state index is 12.0. The lowest BCUT2D eigenvalue weighted by atomic mass is 9.48. The molecule has 0 amide bonds. The van der Waals surface area contributed by atoms with Crippen molar-refractivity contribution >= 4 is 5.97 Å². The third kappa shape index (κ3) is 5.65. The summed E-state index contributed by atoms with van der Waals surface area (Å²) in [6.45, 7) is 5.79. The van der Waals surface area contributed by atoms with Crippen molar-refractivity contribution in [2.75, 3.05) is 0 Å². The van der Waals surface area contributed by atoms with Crippen molar-refractivity contribution in [3.8, 4) is 0 Å². The first-order chi connectivity index (χ1) is 14.3. The zero-order valence-electron chi connectivity index (χ0n) is 19.2. The number of ether oxygens (including phenoxy) is 1. The van der Waals surface area contributed by atoms with Crippen LogP contribution < -0.4 is 0 Å². The quantitative estimate of drug-likeness (QED) is 0.329. The van der Waals surface area contributed by atoms with Gasteiger partial charge < -0.3 is 4.74 Å². The summed E-state index contributed by atoms with van der Waals surface area (Å²) < 4.78 is 5.45. The van der Waals surface area contributed by atoms with Crippen molar-refractivity contribution in [3.63, 3.8) is 0 Å². The van der Waals surface area contributed by atoms with Gasteiger partial charge in [0.25, 0.3) is 0 Å². The number of esters is 1. The molecule has 0 saturated heterocycles. The third-order valence-corrected chi connectivity index (χ3v) is 7.79. The molecule has 0 aliphatic heterocycles. The average molecular weight is 411 g/mol. The summed E-state index contributed by atoms with van der Waals surface area (Å²) in [5.41, 5.74) is 1.65. The molecular formula is C27H40NO2. The van der Waals surface area contributed by atoms with Crippen LogP contribution in [0.1, 0.15) is 103 Å². The van der Waals surface area contributed by atoms with Crippen LogP contribution in [0.2, 0.25) is 0 Å². The summed E-state index contributed by atoms with van der Waals surface area (Å²) in [6, 6.07) is 4.37. The molecule has 5 rings (SSSR count). The molecule has 3 heteroatoms. The number of nitrogens with zero attached hydrogens (tertiary/aromatic N) is 1. The molecule has 0 spiro atoms. The first-order valence-electron chi connectivity index (χ1n) is 12.2. The maximum Gasteiger partial charge on any atom is 0.306 e. The molecule has 30 heavy (non-hydrogen) atoms. The van der Waals surface area contributed by atoms with Gasteiger partial charge in [-0.25, -0.2) is 0 Å². The lowest BCUT2D eigenvalue weighted by Gasteiger charge is -2.57. The van der Waals surface area contributed by atoms with Crippen molar-refractivity contribution in [3.05, 3.63) is 36.5 Å². The van der Waals surface area contributed by atoms with E-state index in [1.807, 2.05) is 33.2 Å². The monoisotopic (exact) mass is 410 g/mol. The molecule has 4 bridgehead atoms. The van der Waals surface area contributed by atoms with E-state index in [-0.39, 0.29) is 5.97 Å². The Hall–Kier alpha value is -1.38. The van der Waals surface area contributed by atoms with Gasteiger partial charge in [-0.2, -0.15) is 0 Å². The van der Waals surface area contributed by atoms with E-state index in [0.29, 0.717) is 17.8 Å². The van der Waals surface area contributed by atoms with Gasteiger partial charge >= 0.3 is 5.97 Å². The Morgan fingerprint density at radius 1 is 1.13 bits per heavy atom. The van der Waals surface area contributed by atoms with Gasteiger partial charge in [0, 0.05) is 18.8 Å². The second-order valence-electron chi connectivity index (χ2n) is 11.6. The van der Waals surface area contributed by atoms with Crippen molar-refractivity contribution in [2.24, 2.45) is 23.2 Å². The Bertz CT molecular complexity index is 670. The van der Waals surface area contributed by atoms with Gasteiger partial charge in [-0.1, -0.05) is 0 Å². The molecule has 1 radical (unpaired) electrons. The van der Waals surface area contributed by atoms with E-state index in [4.69, 9.17) is 4.74 Å². The molecular weight excluding hydrogens is 370 g/mol. The number of aromatic nitrogens is 1. The summed E-state index contributed by atoms with van der Waals surface area (Å²) in [5.74, 6) is 3.52. The zero-order chi connectivity index (χ0) is 21.2. The van der Waals surface area contributed by atoms with Gasteiger partial charge in [0.15, 0.2) is 0 Å². The molecule has 1 aromatic heterocycles. The van der Waals surface area contributed by atoms with Gasteiger partial charge in [-0.15, -0.1) is 0 Å². The van der Waals surface area contributed by atoms with Gasteiger partial charge in [0.05, 0.1) is 0 Å². The summed E-state index contributed by atoms with van der Waals surface area (Å²) >= 11 is 0. The molecule has 1 atom stereocenters. The highest BCUT2D eigenvalue weighted by atomic mass is 16.6. The minimum Gasteiger partial charge on any atom is -0.460 e. The van der Waals surface area contributed by atoms with E-state index in [1.54, 1.807) is 0 Å². The molecule has 4 fully saturated rings. The number of carbonyl (C=O) groups excluding carboxylic acids is 1. The Morgan fingerprint density at radius 3 is 2.30 bits per heavy atom. The normalized spacial score (nSPS) is 31.0. The van der Waals surface area contributed by atoms with Crippen molar-refractivity contribution in [1.82, 2.24) is 4.98 Å². The van der Waals surface area contributed by atoms with E-state index >= 15 is 0 Å². The molecule has 1 aromatic rings. The fraction of sp³-hybridized carbons (Fsp3) is 0.741. The highest BCUT2D eigenvalue weighted by Crippen LogP contribution is 2.62. The molecule has 0 aromatic carbocycles. The predicted octanol–water partition coefficient (Wildman–Crippen LogP) is 6.88. The molecule has 1 unspecified atom stereocenters. The van der Waals surface area contributed by atoms with Gasteiger partial charge in [-0.3, -0.25) is 9.78 Å². The molecule has 3 nitrogen and oxygen atoms in total. The number of carbonyl (C=O) groups is 1. The smallest absolute Gasteiger partial charge is 0.306 e. The molecule has 4 saturated carbocycles. The predicted molar refractivity (Wildman–Crippen MR) is 121 cm³/mol. The van der Waals surface area contributed by atoms with Crippen molar-refractivity contribution in [1.29, 1.82) is 0 Å². The molecule has 165 valence electrons. The fourth-order valence-corrected chi connectivity index (χ4v) is 7.06. The SMILES string of the molecule is CC(C)(C)OC(=O)CC[CH]CC(CCC12CC3CC(CC(C3)C1)C2)c1ccncc1. The van der Waals surface area contributed by atoms with Gasteiger partial charge in [0.2, 0.25) is 0 Å². The van der Waals surface area contributed by atoms with E-state index in [0.717, 1.165) is 30.6 Å². The van der Waals surface area contributed by atoms with Crippen LogP contribution in [0.15, 0.2) is 24.5 Å². The van der Waals surface area contributed by atoms with E-state index < -0.39 is 5.60 Å². The molecule has 1 heterocycles. The minimum atomic E-state index is -0.394. The largest absolute Gasteiger partial charge is 0.460 e. The Balaban J connectivity index is 1.31. The Morgan fingerprint density at radius 2 is 1.73 bits per heavy atom. The summed E-state index contributed by atoms with van der Waals surface area (Å²) in [6.07, 6.45) is 20.2. The zero-order valence-corrected chi connectivity index (χ0v) is 19.2. The number of pyridine rings is 1. The van der Waals surface area contributed by atoms with E-state index in [1.165, 1.54) is 56.9 Å². The maximum atomic E-state index is 12.0. The van der Waals surface area contributed by atoms with Crippen LogP contribution in [0.4, 0.5) is 0 Å². The van der Waals surface area contributed by atoms with Crippen molar-refractivity contribution < 1.29 is 9.53 Å². The highest BCUT2D eigenvalue weighted by molar-refractivity contribution is 5.69. The second-order valence-corrected chi connectivity index (χ2v) is 11.6. The second kappa shape index (κ2) is 9.01. The topological polar surface area (TPSA) is 39.2 Å². The van der Waals surface area contributed by atoms with Crippen LogP contribution in [0.3, 0.4) is 0 Å². The lowest BCUT2D eigenvalue weighted by molar-refractivity contribution is -0.154. The summed E-state index contributed by atoms with van der Waals surface area (Å²) in [4.78, 5) is 16.2. The lowest BCUT2D eigenvalue weighted by Crippen LogP contribution is -2.46. The summed E-state index contributed by atoms with van der Waals surface area (Å²) in [5, 5.41) is 0. The van der Waals surface area contributed by atoms with Crippen LogP contribution in [0.5, 0.6) is 0 Å². The Labute approximate surface area is 183 Å². The molecule has 4 aliphatic rings. The number of hydrogen-bond donors (Lipinski definition) is 0. The number of rotatable bonds is 9. The third-order valence-electron chi connectivity index (χ3n) is 7.79. The number of unbranched alkanes of at least 4 members (excludes halogenated alkanes) is 1. The van der Waals surface area contributed by atoms with Crippen LogP contribution in [-0.4, -0.2) is 16.6 Å². The van der Waals surface area contributed by atoms with Crippen LogP contribution >= 0.6 is 0 Å². The van der Waals surface area contributed by atoms with Crippen LogP contribution in [-0.2, 0) is 9.53 Å². The van der Waals surface area contributed by atoms with Gasteiger partial charge in [0.1, 0.15) is 5.60 Å². The van der Waals surface area contributed by atoms with Crippen LogP contribution in [0.25, 0.3) is 0 Å². The first kappa shape index (κ1) is 21.8. The average Bonchev–Trinajstić information content (AvgIpc) is 2.65. The highest BCUT2D eigenvalue weighted by Gasteiger charge is 2.50. The molecule has 4 aliphatic carbocycles. The molecule has 0 N–H and O–H groups in total. The standard InChI is InChI=1S/C27H40NO2/c1-26(2,3)30-25(29)7-5-4-6-23(24-9-12-28-13-10-24)8-11-27-17-20-14-21(18-27)16-22(15-20)19-27/h4,9-10,12-13,20-23H,5-8,11,14-19H2,1-3H3. The van der Waals surface area contributed by atoms with E-state index in [9.17, 15) is 4.79 Å².